The van der Waals surface area contributed by atoms with Gasteiger partial charge in [0.2, 0.25) is 10.0 Å². The molecule has 1 saturated carbocycles. The van der Waals surface area contributed by atoms with Crippen molar-refractivity contribution in [2.45, 2.75) is 50.3 Å². The van der Waals surface area contributed by atoms with Crippen LogP contribution in [0.5, 0.6) is 0 Å². The minimum absolute atomic E-state index is 0.293. The van der Waals surface area contributed by atoms with Crippen LogP contribution in [0.2, 0.25) is 0 Å². The Labute approximate surface area is 121 Å². The molecule has 1 fully saturated rings. The van der Waals surface area contributed by atoms with Crippen molar-refractivity contribution < 1.29 is 8.42 Å². The predicted octanol–water partition coefficient (Wildman–Crippen LogP) is 2.83. The first-order valence-corrected chi connectivity index (χ1v) is 8.83. The molecule has 0 unspecified atom stereocenters. The molecule has 0 heterocycles. The number of hydrogen-bond donors (Lipinski definition) is 2. The van der Waals surface area contributed by atoms with Gasteiger partial charge in [-0.05, 0) is 37.0 Å². The highest BCUT2D eigenvalue weighted by molar-refractivity contribution is 7.89. The summed E-state index contributed by atoms with van der Waals surface area (Å²) < 4.78 is 27.3. The molecule has 1 aromatic carbocycles. The van der Waals surface area contributed by atoms with Crippen LogP contribution in [0, 0.1) is 12.8 Å². The van der Waals surface area contributed by atoms with Crippen LogP contribution in [0.4, 0.5) is 5.69 Å². The minimum atomic E-state index is -3.44. The predicted molar refractivity (Wildman–Crippen MR) is 82.0 cm³/mol. The first-order valence-electron chi connectivity index (χ1n) is 7.35. The topological polar surface area (TPSA) is 72.2 Å². The van der Waals surface area contributed by atoms with E-state index in [2.05, 4.69) is 4.72 Å². The van der Waals surface area contributed by atoms with E-state index in [0.29, 0.717) is 23.0 Å². The number of anilines is 1. The Morgan fingerprint density at radius 3 is 2.65 bits per heavy atom. The maximum atomic E-state index is 12.3. The van der Waals surface area contributed by atoms with E-state index < -0.39 is 10.0 Å². The van der Waals surface area contributed by atoms with Crippen molar-refractivity contribution in [3.05, 3.63) is 23.8 Å². The number of nitrogens with one attached hydrogen (secondary N) is 1. The Balaban J connectivity index is 1.95. The Kier molecular flexibility index (Phi) is 5.05. The molecule has 5 heteroatoms. The van der Waals surface area contributed by atoms with Gasteiger partial charge in [-0.25, -0.2) is 13.1 Å². The molecule has 0 aromatic heterocycles. The number of nitrogens with two attached hydrogens (primary N) is 1. The second kappa shape index (κ2) is 6.59. The van der Waals surface area contributed by atoms with Gasteiger partial charge in [-0.2, -0.15) is 0 Å². The molecule has 3 N–H and O–H groups in total. The largest absolute Gasteiger partial charge is 0.399 e. The third-order valence-corrected chi connectivity index (χ3v) is 5.67. The van der Waals surface area contributed by atoms with Crippen molar-refractivity contribution in [1.82, 2.24) is 4.72 Å². The standard InChI is InChI=1S/C15H24N2O2S/c1-12-7-8-14(16)11-15(12)20(18,19)17-10-9-13-5-3-2-4-6-13/h7-8,11,13,17H,2-6,9-10,16H2,1H3. The molecule has 1 aromatic rings. The van der Waals surface area contributed by atoms with Gasteiger partial charge >= 0.3 is 0 Å². The quantitative estimate of drug-likeness (QED) is 0.821. The van der Waals surface area contributed by atoms with E-state index in [4.69, 9.17) is 5.73 Å². The van der Waals surface area contributed by atoms with E-state index in [0.717, 1.165) is 12.0 Å². The van der Waals surface area contributed by atoms with Crippen molar-refractivity contribution in [1.29, 1.82) is 0 Å². The SMILES string of the molecule is Cc1ccc(N)cc1S(=O)(=O)NCCC1CCCCC1. The van der Waals surface area contributed by atoms with E-state index in [-0.39, 0.29) is 0 Å². The summed E-state index contributed by atoms with van der Waals surface area (Å²) in [5, 5.41) is 0. The van der Waals surface area contributed by atoms with Gasteiger partial charge in [-0.3, -0.25) is 0 Å². The lowest BCUT2D eigenvalue weighted by Crippen LogP contribution is -2.27. The summed E-state index contributed by atoms with van der Waals surface area (Å²) in [6.45, 7) is 2.30. The number of aryl methyl sites for hydroxylation is 1. The molecule has 0 spiro atoms. The van der Waals surface area contributed by atoms with E-state index in [1.165, 1.54) is 38.2 Å². The van der Waals surface area contributed by atoms with Gasteiger partial charge in [0.15, 0.2) is 0 Å². The van der Waals surface area contributed by atoms with Gasteiger partial charge < -0.3 is 5.73 Å². The molecule has 112 valence electrons. The summed E-state index contributed by atoms with van der Waals surface area (Å²) in [7, 11) is -3.44. The van der Waals surface area contributed by atoms with Gasteiger partial charge in [0.25, 0.3) is 0 Å². The zero-order chi connectivity index (χ0) is 14.6. The van der Waals surface area contributed by atoms with Crippen molar-refractivity contribution in [2.75, 3.05) is 12.3 Å². The lowest BCUT2D eigenvalue weighted by molar-refractivity contribution is 0.339. The highest BCUT2D eigenvalue weighted by Gasteiger charge is 2.18. The van der Waals surface area contributed by atoms with Crippen molar-refractivity contribution >= 4 is 15.7 Å². The van der Waals surface area contributed by atoms with Gasteiger partial charge in [-0.1, -0.05) is 38.2 Å². The Morgan fingerprint density at radius 1 is 1.25 bits per heavy atom. The van der Waals surface area contributed by atoms with E-state index in [1.807, 2.05) is 0 Å². The van der Waals surface area contributed by atoms with E-state index >= 15 is 0 Å². The van der Waals surface area contributed by atoms with E-state index in [9.17, 15) is 8.42 Å². The molecule has 1 aliphatic carbocycles. The summed E-state index contributed by atoms with van der Waals surface area (Å²) in [6.07, 6.45) is 7.29. The fourth-order valence-corrected chi connectivity index (χ4v) is 4.18. The van der Waals surface area contributed by atoms with Crippen LogP contribution >= 0.6 is 0 Å². The number of sulfonamides is 1. The number of nitrogen functional groups attached to an aromatic ring is 1. The van der Waals surface area contributed by atoms with Crippen LogP contribution in [-0.4, -0.2) is 15.0 Å². The van der Waals surface area contributed by atoms with Crippen LogP contribution in [-0.2, 0) is 10.0 Å². The monoisotopic (exact) mass is 296 g/mol. The number of rotatable bonds is 5. The summed E-state index contributed by atoms with van der Waals surface area (Å²) in [4.78, 5) is 0.293. The fraction of sp³-hybridized carbons (Fsp3) is 0.600. The fourth-order valence-electron chi connectivity index (χ4n) is 2.86. The van der Waals surface area contributed by atoms with Crippen molar-refractivity contribution in [3.8, 4) is 0 Å². The van der Waals surface area contributed by atoms with E-state index in [1.54, 1.807) is 19.1 Å². The molecule has 0 amide bonds. The summed E-state index contributed by atoms with van der Waals surface area (Å²) in [5.41, 5.74) is 6.88. The number of benzene rings is 1. The zero-order valence-corrected chi connectivity index (χ0v) is 12.9. The summed E-state index contributed by atoms with van der Waals surface area (Å²) >= 11 is 0. The van der Waals surface area contributed by atoms with Crippen LogP contribution in [0.1, 0.15) is 44.1 Å². The molecule has 1 aliphatic rings. The third-order valence-electron chi connectivity index (χ3n) is 4.07. The zero-order valence-electron chi connectivity index (χ0n) is 12.1. The molecule has 0 saturated heterocycles. The Bertz CT molecular complexity index is 549. The maximum absolute atomic E-state index is 12.3. The Morgan fingerprint density at radius 2 is 1.95 bits per heavy atom. The average Bonchev–Trinajstić information content (AvgIpc) is 2.42. The van der Waals surface area contributed by atoms with Crippen molar-refractivity contribution in [2.24, 2.45) is 5.92 Å². The lowest BCUT2D eigenvalue weighted by Gasteiger charge is -2.21. The highest BCUT2D eigenvalue weighted by Crippen LogP contribution is 2.26. The summed E-state index contributed by atoms with van der Waals surface area (Å²) in [6, 6.07) is 4.99. The molecule has 0 aliphatic heterocycles. The average molecular weight is 296 g/mol. The first kappa shape index (κ1) is 15.3. The smallest absolute Gasteiger partial charge is 0.240 e. The van der Waals surface area contributed by atoms with Crippen LogP contribution in [0.15, 0.2) is 23.1 Å². The highest BCUT2D eigenvalue weighted by atomic mass is 32.2. The molecule has 20 heavy (non-hydrogen) atoms. The first-order chi connectivity index (χ1) is 9.49. The molecular formula is C15H24N2O2S. The van der Waals surface area contributed by atoms with Gasteiger partial charge in [0.1, 0.15) is 0 Å². The molecule has 0 atom stereocenters. The third kappa shape index (κ3) is 3.96. The van der Waals surface area contributed by atoms with Crippen LogP contribution < -0.4 is 10.5 Å². The number of hydrogen-bond acceptors (Lipinski definition) is 3. The summed E-state index contributed by atoms with van der Waals surface area (Å²) in [5.74, 6) is 0.674. The molecule has 0 radical (unpaired) electrons. The molecule has 2 rings (SSSR count). The van der Waals surface area contributed by atoms with Crippen LogP contribution in [0.25, 0.3) is 0 Å². The molecule has 0 bridgehead atoms. The van der Waals surface area contributed by atoms with Crippen molar-refractivity contribution in [3.63, 3.8) is 0 Å². The van der Waals surface area contributed by atoms with Gasteiger partial charge in [-0.15, -0.1) is 0 Å². The lowest BCUT2D eigenvalue weighted by atomic mass is 9.87. The maximum Gasteiger partial charge on any atom is 0.240 e. The second-order valence-corrected chi connectivity index (χ2v) is 7.45. The van der Waals surface area contributed by atoms with Gasteiger partial charge in [0.05, 0.1) is 4.90 Å². The van der Waals surface area contributed by atoms with Crippen LogP contribution in [0.3, 0.4) is 0 Å². The molecular weight excluding hydrogens is 272 g/mol. The second-order valence-electron chi connectivity index (χ2n) is 5.72. The Hall–Kier alpha value is -1.07. The van der Waals surface area contributed by atoms with Gasteiger partial charge in [0, 0.05) is 12.2 Å². The molecule has 4 nitrogen and oxygen atoms in total. The minimum Gasteiger partial charge on any atom is -0.399 e. The normalized spacial score (nSPS) is 17.2.